The Balaban J connectivity index is 2.19. The van der Waals surface area contributed by atoms with Gasteiger partial charge in [0.05, 0.1) is 19.8 Å². The molecule has 0 saturated carbocycles. The third-order valence-corrected chi connectivity index (χ3v) is 2.20. The molecule has 15 heavy (non-hydrogen) atoms. The molecular formula is C8H13N3O3S. The summed E-state index contributed by atoms with van der Waals surface area (Å²) in [6, 6.07) is 0. The van der Waals surface area contributed by atoms with E-state index in [2.05, 4.69) is 10.3 Å². The maximum atomic E-state index is 11.4. The Morgan fingerprint density at radius 1 is 1.67 bits per heavy atom. The molecule has 0 aliphatic carbocycles. The number of aliphatic hydroxyl groups excluding tert-OH is 1. The minimum absolute atomic E-state index is 0.0173. The molecule has 4 N–H and O–H groups in total. The molecule has 1 rings (SSSR count). The Kier molecular flexibility index (Phi) is 5.02. The van der Waals surface area contributed by atoms with Crippen LogP contribution in [0.2, 0.25) is 0 Å². The predicted octanol–water partition coefficient (Wildman–Crippen LogP) is -0.536. The number of thiazole rings is 1. The van der Waals surface area contributed by atoms with E-state index in [9.17, 15) is 4.79 Å². The second-order valence-electron chi connectivity index (χ2n) is 2.66. The van der Waals surface area contributed by atoms with Gasteiger partial charge in [0.25, 0.3) is 5.91 Å². The molecule has 7 heteroatoms. The molecule has 0 atom stereocenters. The third kappa shape index (κ3) is 4.24. The van der Waals surface area contributed by atoms with E-state index in [1.54, 1.807) is 5.38 Å². The van der Waals surface area contributed by atoms with Crippen molar-refractivity contribution in [3.63, 3.8) is 0 Å². The Labute approximate surface area is 91.1 Å². The van der Waals surface area contributed by atoms with Crippen molar-refractivity contribution in [1.82, 2.24) is 10.3 Å². The van der Waals surface area contributed by atoms with Crippen LogP contribution in [-0.2, 0) is 4.74 Å². The monoisotopic (exact) mass is 231 g/mol. The minimum Gasteiger partial charge on any atom is -0.394 e. The molecular weight excluding hydrogens is 218 g/mol. The van der Waals surface area contributed by atoms with Gasteiger partial charge in [0.15, 0.2) is 5.13 Å². The van der Waals surface area contributed by atoms with Crippen LogP contribution in [0.15, 0.2) is 5.38 Å². The lowest BCUT2D eigenvalue weighted by molar-refractivity contribution is 0.0835. The molecule has 0 aliphatic rings. The molecule has 6 nitrogen and oxygen atoms in total. The number of amides is 1. The first kappa shape index (κ1) is 11.9. The zero-order valence-corrected chi connectivity index (χ0v) is 8.92. The molecule has 0 bridgehead atoms. The molecule has 0 spiro atoms. The van der Waals surface area contributed by atoms with Crippen LogP contribution in [0.4, 0.5) is 5.13 Å². The number of nitrogens with zero attached hydrogens (tertiary/aromatic N) is 1. The Hall–Kier alpha value is -1.18. The summed E-state index contributed by atoms with van der Waals surface area (Å²) in [5.74, 6) is -0.268. The molecule has 1 amide bonds. The van der Waals surface area contributed by atoms with Crippen LogP contribution in [0, 0.1) is 0 Å². The summed E-state index contributed by atoms with van der Waals surface area (Å²) in [7, 11) is 0. The van der Waals surface area contributed by atoms with E-state index in [1.165, 1.54) is 11.3 Å². The van der Waals surface area contributed by atoms with Crippen LogP contribution < -0.4 is 11.1 Å². The van der Waals surface area contributed by atoms with Crippen molar-refractivity contribution in [3.05, 3.63) is 11.1 Å². The van der Waals surface area contributed by atoms with E-state index in [-0.39, 0.29) is 19.1 Å². The maximum Gasteiger partial charge on any atom is 0.270 e. The lowest BCUT2D eigenvalue weighted by Gasteiger charge is -2.03. The van der Waals surface area contributed by atoms with Gasteiger partial charge in [0, 0.05) is 11.9 Å². The van der Waals surface area contributed by atoms with E-state index >= 15 is 0 Å². The van der Waals surface area contributed by atoms with Gasteiger partial charge in [0.2, 0.25) is 0 Å². The fraction of sp³-hybridized carbons (Fsp3) is 0.500. The van der Waals surface area contributed by atoms with Crippen molar-refractivity contribution in [1.29, 1.82) is 0 Å². The number of nitrogen functional groups attached to an aromatic ring is 1. The van der Waals surface area contributed by atoms with Crippen molar-refractivity contribution in [2.45, 2.75) is 0 Å². The predicted molar refractivity (Wildman–Crippen MR) is 56.8 cm³/mol. The zero-order valence-electron chi connectivity index (χ0n) is 8.10. The number of aliphatic hydroxyl groups is 1. The van der Waals surface area contributed by atoms with Gasteiger partial charge in [0.1, 0.15) is 5.69 Å². The number of nitrogens with two attached hydrogens (primary N) is 1. The van der Waals surface area contributed by atoms with E-state index in [1.807, 2.05) is 0 Å². The van der Waals surface area contributed by atoms with Gasteiger partial charge in [-0.05, 0) is 0 Å². The number of aromatic nitrogens is 1. The number of carbonyl (C=O) groups excluding carboxylic acids is 1. The summed E-state index contributed by atoms with van der Waals surface area (Å²) in [5.41, 5.74) is 5.70. The molecule has 0 aromatic carbocycles. The molecule has 1 aromatic rings. The summed E-state index contributed by atoms with van der Waals surface area (Å²) < 4.78 is 4.97. The van der Waals surface area contributed by atoms with Crippen molar-refractivity contribution in [2.75, 3.05) is 32.1 Å². The molecule has 0 aliphatic heterocycles. The first-order chi connectivity index (χ1) is 7.24. The van der Waals surface area contributed by atoms with Gasteiger partial charge in [-0.25, -0.2) is 4.98 Å². The van der Waals surface area contributed by atoms with E-state index in [0.29, 0.717) is 24.0 Å². The van der Waals surface area contributed by atoms with Crippen molar-refractivity contribution in [2.24, 2.45) is 0 Å². The van der Waals surface area contributed by atoms with Gasteiger partial charge in [-0.2, -0.15) is 0 Å². The molecule has 0 saturated heterocycles. The van der Waals surface area contributed by atoms with Crippen LogP contribution in [0.25, 0.3) is 0 Å². The fourth-order valence-electron chi connectivity index (χ4n) is 0.886. The number of hydrogen-bond donors (Lipinski definition) is 3. The Morgan fingerprint density at radius 2 is 2.47 bits per heavy atom. The van der Waals surface area contributed by atoms with Crippen molar-refractivity contribution >= 4 is 22.4 Å². The lowest BCUT2D eigenvalue weighted by atomic mass is 10.4. The highest BCUT2D eigenvalue weighted by Gasteiger charge is 2.07. The fourth-order valence-corrected chi connectivity index (χ4v) is 1.43. The summed E-state index contributed by atoms with van der Waals surface area (Å²) in [5, 5.41) is 13.0. The number of anilines is 1. The van der Waals surface area contributed by atoms with Gasteiger partial charge >= 0.3 is 0 Å². The van der Waals surface area contributed by atoms with Gasteiger partial charge < -0.3 is 20.9 Å². The minimum atomic E-state index is -0.268. The van der Waals surface area contributed by atoms with Gasteiger partial charge in [-0.3, -0.25) is 4.79 Å². The summed E-state index contributed by atoms with van der Waals surface area (Å²) >= 11 is 1.22. The van der Waals surface area contributed by atoms with Crippen LogP contribution >= 0.6 is 11.3 Å². The van der Waals surface area contributed by atoms with Crippen LogP contribution in [0.1, 0.15) is 10.5 Å². The summed E-state index contributed by atoms with van der Waals surface area (Å²) in [6.45, 7) is 1.01. The average molecular weight is 231 g/mol. The topological polar surface area (TPSA) is 97.5 Å². The second kappa shape index (κ2) is 6.33. The molecule has 1 aromatic heterocycles. The highest BCUT2D eigenvalue weighted by atomic mass is 32.1. The molecule has 1 heterocycles. The van der Waals surface area contributed by atoms with E-state index < -0.39 is 0 Å². The quantitative estimate of drug-likeness (QED) is 0.571. The van der Waals surface area contributed by atoms with Crippen molar-refractivity contribution in [3.8, 4) is 0 Å². The standard InChI is InChI=1S/C8H13N3O3S/c9-8-11-6(5-15-8)7(13)10-1-3-14-4-2-12/h5,12H,1-4H2,(H2,9,11)(H,10,13). The Morgan fingerprint density at radius 3 is 3.07 bits per heavy atom. The second-order valence-corrected chi connectivity index (χ2v) is 3.55. The van der Waals surface area contributed by atoms with E-state index in [0.717, 1.165) is 0 Å². The van der Waals surface area contributed by atoms with E-state index in [4.69, 9.17) is 15.6 Å². The first-order valence-corrected chi connectivity index (χ1v) is 5.30. The highest BCUT2D eigenvalue weighted by molar-refractivity contribution is 7.13. The third-order valence-electron chi connectivity index (χ3n) is 1.52. The average Bonchev–Trinajstić information content (AvgIpc) is 2.64. The number of rotatable bonds is 6. The molecule has 84 valence electrons. The largest absolute Gasteiger partial charge is 0.394 e. The normalized spacial score (nSPS) is 10.2. The number of nitrogens with one attached hydrogen (secondary N) is 1. The smallest absolute Gasteiger partial charge is 0.270 e. The first-order valence-electron chi connectivity index (χ1n) is 4.42. The SMILES string of the molecule is Nc1nc(C(=O)NCCOCCO)cs1. The van der Waals surface area contributed by atoms with Gasteiger partial charge in [-0.15, -0.1) is 11.3 Å². The number of carbonyl (C=O) groups is 1. The Bertz CT molecular complexity index is 316. The molecule has 0 fully saturated rings. The summed E-state index contributed by atoms with van der Waals surface area (Å²) in [6.07, 6.45) is 0. The number of ether oxygens (including phenoxy) is 1. The van der Waals surface area contributed by atoms with Crippen LogP contribution in [0.3, 0.4) is 0 Å². The lowest BCUT2D eigenvalue weighted by Crippen LogP contribution is -2.27. The maximum absolute atomic E-state index is 11.4. The van der Waals surface area contributed by atoms with Crippen LogP contribution in [-0.4, -0.2) is 42.4 Å². The zero-order chi connectivity index (χ0) is 11.1. The molecule has 0 radical (unpaired) electrons. The van der Waals surface area contributed by atoms with Gasteiger partial charge in [-0.1, -0.05) is 0 Å². The van der Waals surface area contributed by atoms with Crippen LogP contribution in [0.5, 0.6) is 0 Å². The summed E-state index contributed by atoms with van der Waals surface area (Å²) in [4.78, 5) is 15.2. The van der Waals surface area contributed by atoms with Crippen molar-refractivity contribution < 1.29 is 14.6 Å². The molecule has 0 unspecified atom stereocenters. The number of hydrogen-bond acceptors (Lipinski definition) is 6. The highest BCUT2D eigenvalue weighted by Crippen LogP contribution is 2.10.